The fourth-order valence-corrected chi connectivity index (χ4v) is 2.56. The number of aromatic nitrogens is 2. The molecule has 2 heterocycles. The summed E-state index contributed by atoms with van der Waals surface area (Å²) in [6.45, 7) is 2.78. The summed E-state index contributed by atoms with van der Waals surface area (Å²) in [5.41, 5.74) is 5.63. The molecule has 0 radical (unpaired) electrons. The number of amides is 1. The second-order valence-corrected chi connectivity index (χ2v) is 6.01. The zero-order chi connectivity index (χ0) is 18.9. The molecular formula is C20H22N4O3. The molecule has 0 saturated heterocycles. The van der Waals surface area contributed by atoms with Gasteiger partial charge in [-0.3, -0.25) is 14.6 Å². The number of para-hydroxylation sites is 1. The van der Waals surface area contributed by atoms with Crippen LogP contribution >= 0.6 is 0 Å². The molecule has 0 aliphatic carbocycles. The minimum Gasteiger partial charge on any atom is -0.380 e. The normalized spacial score (nSPS) is 10.6. The van der Waals surface area contributed by atoms with E-state index in [-0.39, 0.29) is 12.5 Å². The summed E-state index contributed by atoms with van der Waals surface area (Å²) in [7, 11) is 0. The molecule has 7 heteroatoms. The quantitative estimate of drug-likeness (QED) is 0.564. The lowest BCUT2D eigenvalue weighted by molar-refractivity contribution is 0.0156. The number of aryl methyl sites for hydroxylation is 1. The third-order valence-corrected chi connectivity index (χ3v) is 3.90. The molecule has 3 rings (SSSR count). The van der Waals surface area contributed by atoms with Crippen molar-refractivity contribution in [2.24, 2.45) is 0 Å². The Hall–Kier alpha value is -3.19. The van der Waals surface area contributed by atoms with Crippen LogP contribution in [0.25, 0.3) is 0 Å². The van der Waals surface area contributed by atoms with Crippen LogP contribution < -0.4 is 10.8 Å². The first-order valence-corrected chi connectivity index (χ1v) is 8.84. The summed E-state index contributed by atoms with van der Waals surface area (Å²) < 4.78 is 5.17. The largest absolute Gasteiger partial charge is 0.380 e. The smallest absolute Gasteiger partial charge is 0.276 e. The second kappa shape index (κ2) is 9.49. The highest BCUT2D eigenvalue weighted by Crippen LogP contribution is 2.16. The van der Waals surface area contributed by atoms with Gasteiger partial charge in [0, 0.05) is 30.7 Å². The minimum absolute atomic E-state index is 0.120. The average molecular weight is 366 g/mol. The first-order valence-electron chi connectivity index (χ1n) is 8.84. The van der Waals surface area contributed by atoms with Crippen LogP contribution in [0.4, 0.5) is 5.69 Å². The van der Waals surface area contributed by atoms with Crippen LogP contribution in [-0.4, -0.2) is 16.0 Å². The van der Waals surface area contributed by atoms with Crippen molar-refractivity contribution >= 4 is 11.6 Å². The molecule has 2 aromatic heterocycles. The molecule has 3 aromatic rings. The lowest BCUT2D eigenvalue weighted by Crippen LogP contribution is -2.24. The van der Waals surface area contributed by atoms with E-state index in [0.29, 0.717) is 17.9 Å². The topological polar surface area (TPSA) is 89.3 Å². The highest BCUT2D eigenvalue weighted by Gasteiger charge is 2.12. The van der Waals surface area contributed by atoms with Crippen molar-refractivity contribution in [2.45, 2.75) is 32.9 Å². The van der Waals surface area contributed by atoms with E-state index in [1.165, 1.54) is 0 Å². The molecule has 140 valence electrons. The van der Waals surface area contributed by atoms with Crippen molar-refractivity contribution < 1.29 is 14.2 Å². The Kier molecular flexibility index (Phi) is 6.54. The molecule has 0 aliphatic rings. The van der Waals surface area contributed by atoms with E-state index in [4.69, 9.17) is 9.36 Å². The molecule has 1 amide bonds. The Morgan fingerprint density at radius 3 is 2.81 bits per heavy atom. The average Bonchev–Trinajstić information content (AvgIpc) is 3.15. The van der Waals surface area contributed by atoms with E-state index in [1.54, 1.807) is 24.5 Å². The maximum Gasteiger partial charge on any atom is 0.276 e. The molecule has 0 saturated carbocycles. The van der Waals surface area contributed by atoms with Gasteiger partial charge in [0.1, 0.15) is 6.61 Å². The predicted octanol–water partition coefficient (Wildman–Crippen LogP) is 3.50. The third-order valence-electron chi connectivity index (χ3n) is 3.90. The van der Waals surface area contributed by atoms with E-state index in [9.17, 15) is 4.79 Å². The van der Waals surface area contributed by atoms with E-state index in [1.807, 2.05) is 30.3 Å². The Morgan fingerprint density at radius 2 is 2.00 bits per heavy atom. The molecule has 0 atom stereocenters. The molecule has 0 bridgehead atoms. The van der Waals surface area contributed by atoms with Crippen LogP contribution in [0.2, 0.25) is 0 Å². The van der Waals surface area contributed by atoms with Crippen LogP contribution in [0.15, 0.2) is 59.4 Å². The van der Waals surface area contributed by atoms with Gasteiger partial charge in [-0.05, 0) is 36.2 Å². The number of hydrogen-bond donors (Lipinski definition) is 2. The Labute approximate surface area is 157 Å². The zero-order valence-electron chi connectivity index (χ0n) is 15.1. The Balaban J connectivity index is 1.54. The van der Waals surface area contributed by atoms with Gasteiger partial charge >= 0.3 is 0 Å². The Morgan fingerprint density at radius 1 is 1.19 bits per heavy atom. The van der Waals surface area contributed by atoms with Crippen LogP contribution in [0.5, 0.6) is 0 Å². The summed E-state index contributed by atoms with van der Waals surface area (Å²) in [5, 5.41) is 7.21. The van der Waals surface area contributed by atoms with Gasteiger partial charge in [-0.2, -0.15) is 0 Å². The third kappa shape index (κ3) is 5.39. The summed E-state index contributed by atoms with van der Waals surface area (Å²) in [4.78, 5) is 21.7. The number of hydroxylamine groups is 1. The van der Waals surface area contributed by atoms with Crippen LogP contribution in [0.3, 0.4) is 0 Å². The highest BCUT2D eigenvalue weighted by molar-refractivity contribution is 5.98. The van der Waals surface area contributed by atoms with Crippen LogP contribution in [-0.2, 0) is 24.4 Å². The fourth-order valence-electron chi connectivity index (χ4n) is 2.56. The molecule has 7 nitrogen and oxygen atoms in total. The van der Waals surface area contributed by atoms with Gasteiger partial charge in [-0.25, -0.2) is 5.48 Å². The lowest BCUT2D eigenvalue weighted by Gasteiger charge is -2.12. The SMILES string of the molecule is CCCc1cc(CONC(=O)c2ccccc2NCc2ccncc2)on1. The number of rotatable bonds is 9. The standard InChI is InChI=1S/C20H22N4O3/c1-2-5-16-12-17(27-23-16)14-26-24-20(25)18-6-3-4-7-19(18)22-13-15-8-10-21-11-9-15/h3-4,6-12,22H,2,5,13-14H2,1H3,(H,24,25). The Bertz CT molecular complexity index is 864. The fraction of sp³-hybridized carbons (Fsp3) is 0.250. The van der Waals surface area contributed by atoms with Gasteiger partial charge in [-0.15, -0.1) is 0 Å². The molecule has 1 aromatic carbocycles. The number of nitrogens with one attached hydrogen (secondary N) is 2. The summed E-state index contributed by atoms with van der Waals surface area (Å²) in [6, 6.07) is 12.9. The number of pyridine rings is 1. The number of carbonyl (C=O) groups is 1. The first-order chi connectivity index (χ1) is 13.3. The number of nitrogens with zero attached hydrogens (tertiary/aromatic N) is 2. The highest BCUT2D eigenvalue weighted by atomic mass is 16.7. The molecule has 0 fully saturated rings. The monoisotopic (exact) mass is 366 g/mol. The van der Waals surface area contributed by atoms with Crippen molar-refractivity contribution in [1.82, 2.24) is 15.6 Å². The molecule has 27 heavy (non-hydrogen) atoms. The van der Waals surface area contributed by atoms with Gasteiger partial charge in [-0.1, -0.05) is 30.6 Å². The van der Waals surface area contributed by atoms with E-state index in [0.717, 1.165) is 29.8 Å². The number of benzene rings is 1. The molecule has 0 unspecified atom stereocenters. The summed E-state index contributed by atoms with van der Waals surface area (Å²) >= 11 is 0. The van der Waals surface area contributed by atoms with Crippen molar-refractivity contribution in [3.05, 3.63) is 77.4 Å². The predicted molar refractivity (Wildman–Crippen MR) is 101 cm³/mol. The van der Waals surface area contributed by atoms with Crippen molar-refractivity contribution in [3.63, 3.8) is 0 Å². The van der Waals surface area contributed by atoms with Crippen LogP contribution in [0, 0.1) is 0 Å². The van der Waals surface area contributed by atoms with Crippen molar-refractivity contribution in [1.29, 1.82) is 0 Å². The second-order valence-electron chi connectivity index (χ2n) is 6.01. The zero-order valence-corrected chi connectivity index (χ0v) is 15.1. The van der Waals surface area contributed by atoms with Gasteiger partial charge in [0.15, 0.2) is 5.76 Å². The first kappa shape index (κ1) is 18.6. The number of carbonyl (C=O) groups excluding carboxylic acids is 1. The van der Waals surface area contributed by atoms with Gasteiger partial charge in [0.25, 0.3) is 5.91 Å². The minimum atomic E-state index is -0.332. The van der Waals surface area contributed by atoms with Crippen molar-refractivity contribution in [3.8, 4) is 0 Å². The van der Waals surface area contributed by atoms with E-state index < -0.39 is 0 Å². The molecule has 2 N–H and O–H groups in total. The molecule has 0 aliphatic heterocycles. The number of hydrogen-bond acceptors (Lipinski definition) is 6. The van der Waals surface area contributed by atoms with Crippen LogP contribution in [0.1, 0.15) is 40.7 Å². The van der Waals surface area contributed by atoms with Gasteiger partial charge < -0.3 is 9.84 Å². The lowest BCUT2D eigenvalue weighted by atomic mass is 10.1. The molecular weight excluding hydrogens is 344 g/mol. The van der Waals surface area contributed by atoms with E-state index >= 15 is 0 Å². The maximum atomic E-state index is 12.4. The molecule has 0 spiro atoms. The van der Waals surface area contributed by atoms with Gasteiger partial charge in [0.2, 0.25) is 0 Å². The number of anilines is 1. The van der Waals surface area contributed by atoms with Crippen molar-refractivity contribution in [2.75, 3.05) is 5.32 Å². The summed E-state index contributed by atoms with van der Waals surface area (Å²) in [6.07, 6.45) is 5.32. The van der Waals surface area contributed by atoms with E-state index in [2.05, 4.69) is 27.9 Å². The maximum absolute atomic E-state index is 12.4. The summed E-state index contributed by atoms with van der Waals surface area (Å²) in [5.74, 6) is 0.240. The van der Waals surface area contributed by atoms with Gasteiger partial charge in [0.05, 0.1) is 11.3 Å².